The van der Waals surface area contributed by atoms with Crippen molar-refractivity contribution in [3.8, 4) is 11.5 Å². The van der Waals surface area contributed by atoms with E-state index in [1.54, 1.807) is 6.08 Å². The number of nitrogens with one attached hydrogen (secondary N) is 1. The molecule has 4 rings (SSSR count). The molecule has 2 aromatic carbocycles. The van der Waals surface area contributed by atoms with Gasteiger partial charge in [0.2, 0.25) is 5.91 Å². The molecule has 2 aromatic rings. The highest BCUT2D eigenvalue weighted by molar-refractivity contribution is 5.91. The van der Waals surface area contributed by atoms with Gasteiger partial charge in [-0.1, -0.05) is 35.9 Å². The van der Waals surface area contributed by atoms with Gasteiger partial charge in [-0.25, -0.2) is 0 Å². The summed E-state index contributed by atoms with van der Waals surface area (Å²) in [6.45, 7) is 7.86. The lowest BCUT2D eigenvalue weighted by Gasteiger charge is -2.31. The van der Waals surface area contributed by atoms with Gasteiger partial charge >= 0.3 is 0 Å². The van der Waals surface area contributed by atoms with E-state index >= 15 is 0 Å². The summed E-state index contributed by atoms with van der Waals surface area (Å²) in [5.41, 5.74) is 3.62. The molecule has 5 nitrogen and oxygen atoms in total. The first-order valence-electron chi connectivity index (χ1n) is 9.93. The fourth-order valence-corrected chi connectivity index (χ4v) is 3.77. The van der Waals surface area contributed by atoms with E-state index < -0.39 is 0 Å². The minimum atomic E-state index is 0.0736. The second-order valence-corrected chi connectivity index (χ2v) is 7.48. The summed E-state index contributed by atoms with van der Waals surface area (Å²) in [6.07, 6.45) is 3.52. The molecule has 0 aromatic heterocycles. The Morgan fingerprint density at radius 1 is 1.07 bits per heavy atom. The number of rotatable bonds is 4. The Balaban J connectivity index is 1.29. The average molecular weight is 379 g/mol. The van der Waals surface area contributed by atoms with E-state index in [-0.39, 0.29) is 5.91 Å². The highest BCUT2D eigenvalue weighted by Crippen LogP contribution is 2.31. The van der Waals surface area contributed by atoms with Crippen molar-refractivity contribution in [2.75, 3.05) is 39.4 Å². The standard InChI is InChI=1S/C23H26N2O3/c1-18-3-2-4-20(15-18)17-24-9-11-25(12-10-24)23(26)8-6-19-5-7-21-22(16-19)28-14-13-27-21/h2-8,15-16H,9-14,17H2,1H3/p+1/b8-6+. The van der Waals surface area contributed by atoms with Gasteiger partial charge in [-0.2, -0.15) is 0 Å². The molecule has 0 atom stereocenters. The van der Waals surface area contributed by atoms with Crippen LogP contribution in [0.5, 0.6) is 11.5 Å². The molecule has 2 aliphatic rings. The molecular weight excluding hydrogens is 352 g/mol. The predicted octanol–water partition coefficient (Wildman–Crippen LogP) is 1.71. The van der Waals surface area contributed by atoms with Crippen LogP contribution in [-0.2, 0) is 11.3 Å². The third-order valence-electron chi connectivity index (χ3n) is 5.30. The second kappa shape index (κ2) is 8.48. The summed E-state index contributed by atoms with van der Waals surface area (Å²) in [4.78, 5) is 16.0. The molecular formula is C23H27N2O3+. The molecule has 1 amide bonds. The van der Waals surface area contributed by atoms with Gasteiger partial charge in [-0.15, -0.1) is 0 Å². The van der Waals surface area contributed by atoms with E-state index in [0.717, 1.165) is 49.8 Å². The number of carbonyl (C=O) groups is 1. The maximum Gasteiger partial charge on any atom is 0.246 e. The smallest absolute Gasteiger partial charge is 0.246 e. The Kier molecular flexibility index (Phi) is 5.63. The molecule has 0 bridgehead atoms. The minimum absolute atomic E-state index is 0.0736. The zero-order valence-corrected chi connectivity index (χ0v) is 16.3. The third-order valence-corrected chi connectivity index (χ3v) is 5.30. The number of hydrogen-bond acceptors (Lipinski definition) is 3. The van der Waals surface area contributed by atoms with E-state index in [1.807, 2.05) is 29.2 Å². The van der Waals surface area contributed by atoms with Gasteiger partial charge in [0.25, 0.3) is 0 Å². The highest BCUT2D eigenvalue weighted by Gasteiger charge is 2.22. The van der Waals surface area contributed by atoms with Crippen LogP contribution in [-0.4, -0.2) is 50.2 Å². The maximum atomic E-state index is 12.5. The largest absolute Gasteiger partial charge is 0.486 e. The number of amides is 1. The van der Waals surface area contributed by atoms with E-state index in [0.29, 0.717) is 13.2 Å². The van der Waals surface area contributed by atoms with Gasteiger partial charge < -0.3 is 19.3 Å². The van der Waals surface area contributed by atoms with E-state index in [4.69, 9.17) is 9.47 Å². The Labute approximate surface area is 166 Å². The summed E-state index contributed by atoms with van der Waals surface area (Å²) in [7, 11) is 0. The van der Waals surface area contributed by atoms with Crippen molar-refractivity contribution < 1.29 is 19.2 Å². The molecule has 2 aliphatic heterocycles. The van der Waals surface area contributed by atoms with Gasteiger partial charge in [0.05, 0.1) is 26.2 Å². The molecule has 28 heavy (non-hydrogen) atoms. The summed E-state index contributed by atoms with van der Waals surface area (Å²) in [5, 5.41) is 0. The van der Waals surface area contributed by atoms with Gasteiger partial charge in [-0.05, 0) is 30.7 Å². The van der Waals surface area contributed by atoms with Gasteiger partial charge in [0.1, 0.15) is 19.8 Å². The van der Waals surface area contributed by atoms with Crippen LogP contribution >= 0.6 is 0 Å². The van der Waals surface area contributed by atoms with E-state index in [2.05, 4.69) is 31.2 Å². The van der Waals surface area contributed by atoms with Crippen molar-refractivity contribution in [2.45, 2.75) is 13.5 Å². The van der Waals surface area contributed by atoms with Crippen molar-refractivity contribution in [2.24, 2.45) is 0 Å². The Morgan fingerprint density at radius 2 is 1.86 bits per heavy atom. The maximum absolute atomic E-state index is 12.5. The molecule has 2 heterocycles. The molecule has 0 radical (unpaired) electrons. The Morgan fingerprint density at radius 3 is 2.64 bits per heavy atom. The van der Waals surface area contributed by atoms with Crippen LogP contribution in [0.4, 0.5) is 0 Å². The van der Waals surface area contributed by atoms with Crippen molar-refractivity contribution in [1.29, 1.82) is 0 Å². The second-order valence-electron chi connectivity index (χ2n) is 7.48. The molecule has 5 heteroatoms. The SMILES string of the molecule is Cc1cccc(C[NH+]2CCN(C(=O)/C=C/c3ccc4c(c3)OCCO4)CC2)c1. The lowest BCUT2D eigenvalue weighted by molar-refractivity contribution is -0.917. The molecule has 1 N–H and O–H groups in total. The molecule has 0 aliphatic carbocycles. The number of fused-ring (bicyclic) bond motifs is 1. The molecule has 0 spiro atoms. The normalized spacial score (nSPS) is 17.1. The highest BCUT2D eigenvalue weighted by atomic mass is 16.6. The number of piperazine rings is 1. The van der Waals surface area contributed by atoms with Gasteiger partial charge in [-0.3, -0.25) is 4.79 Å². The summed E-state index contributed by atoms with van der Waals surface area (Å²) in [5.74, 6) is 1.58. The number of hydrogen-bond donors (Lipinski definition) is 1. The van der Waals surface area contributed by atoms with Gasteiger partial charge in [0, 0.05) is 11.6 Å². The summed E-state index contributed by atoms with van der Waals surface area (Å²) >= 11 is 0. The summed E-state index contributed by atoms with van der Waals surface area (Å²) < 4.78 is 11.1. The lowest BCUT2D eigenvalue weighted by Crippen LogP contribution is -3.13. The number of ether oxygens (including phenoxy) is 2. The first-order chi connectivity index (χ1) is 13.7. The average Bonchev–Trinajstić information content (AvgIpc) is 2.72. The first kappa shape index (κ1) is 18.6. The van der Waals surface area contributed by atoms with Gasteiger partial charge in [0.15, 0.2) is 11.5 Å². The number of quaternary nitrogens is 1. The predicted molar refractivity (Wildman–Crippen MR) is 109 cm³/mol. The quantitative estimate of drug-likeness (QED) is 0.823. The minimum Gasteiger partial charge on any atom is -0.486 e. The number of aryl methyl sites for hydroxylation is 1. The molecule has 146 valence electrons. The number of nitrogens with zero attached hydrogens (tertiary/aromatic N) is 1. The van der Waals surface area contributed by atoms with Crippen LogP contribution in [0, 0.1) is 6.92 Å². The number of benzene rings is 2. The van der Waals surface area contributed by atoms with Crippen LogP contribution in [0.15, 0.2) is 48.5 Å². The van der Waals surface area contributed by atoms with Crippen LogP contribution < -0.4 is 14.4 Å². The topological polar surface area (TPSA) is 43.2 Å². The zero-order valence-electron chi connectivity index (χ0n) is 16.3. The van der Waals surface area contributed by atoms with E-state index in [9.17, 15) is 4.79 Å². The zero-order chi connectivity index (χ0) is 19.3. The Hall–Kier alpha value is -2.79. The van der Waals surface area contributed by atoms with Crippen LogP contribution in [0.25, 0.3) is 6.08 Å². The first-order valence-corrected chi connectivity index (χ1v) is 9.93. The van der Waals surface area contributed by atoms with Crippen molar-refractivity contribution in [1.82, 2.24) is 4.90 Å². The van der Waals surface area contributed by atoms with Crippen LogP contribution in [0.3, 0.4) is 0 Å². The molecule has 0 unspecified atom stereocenters. The number of carbonyl (C=O) groups excluding carboxylic acids is 1. The van der Waals surface area contributed by atoms with Crippen molar-refractivity contribution >= 4 is 12.0 Å². The van der Waals surface area contributed by atoms with Crippen LogP contribution in [0.1, 0.15) is 16.7 Å². The van der Waals surface area contributed by atoms with E-state index in [1.165, 1.54) is 16.0 Å². The van der Waals surface area contributed by atoms with Crippen molar-refractivity contribution in [3.05, 3.63) is 65.2 Å². The molecule has 1 saturated heterocycles. The lowest BCUT2D eigenvalue weighted by atomic mass is 10.1. The third kappa shape index (κ3) is 4.54. The van der Waals surface area contributed by atoms with Crippen molar-refractivity contribution in [3.63, 3.8) is 0 Å². The monoisotopic (exact) mass is 379 g/mol. The summed E-state index contributed by atoms with van der Waals surface area (Å²) in [6, 6.07) is 14.4. The van der Waals surface area contributed by atoms with Crippen LogP contribution in [0.2, 0.25) is 0 Å². The fourth-order valence-electron chi connectivity index (χ4n) is 3.77. The fraction of sp³-hybridized carbons (Fsp3) is 0.348. The molecule has 1 fully saturated rings. The molecule has 0 saturated carbocycles. The Bertz CT molecular complexity index is 870.